The van der Waals surface area contributed by atoms with Gasteiger partial charge in [0.1, 0.15) is 0 Å². The van der Waals surface area contributed by atoms with Gasteiger partial charge in [-0.2, -0.15) is 10.2 Å². The quantitative estimate of drug-likeness (QED) is 0.451. The van der Waals surface area contributed by atoms with Crippen molar-refractivity contribution in [1.82, 2.24) is 50.5 Å². The van der Waals surface area contributed by atoms with Gasteiger partial charge in [0.2, 0.25) is 11.8 Å². The summed E-state index contributed by atoms with van der Waals surface area (Å²) in [6, 6.07) is 7.54. The number of benzene rings is 1. The number of aromatic amines is 1. The predicted octanol–water partition coefficient (Wildman–Crippen LogP) is 1.46. The second-order valence-electron chi connectivity index (χ2n) is 6.88. The monoisotopic (exact) mass is 407 g/mol. The molecule has 1 amide bonds. The summed E-state index contributed by atoms with van der Waals surface area (Å²) < 4.78 is 1.76. The molecule has 0 atom stereocenters. The first-order valence-electron chi connectivity index (χ1n) is 9.34. The van der Waals surface area contributed by atoms with Crippen molar-refractivity contribution in [3.63, 3.8) is 0 Å². The van der Waals surface area contributed by atoms with Crippen molar-refractivity contribution in [2.24, 2.45) is 0 Å². The fourth-order valence-corrected chi connectivity index (χ4v) is 3.50. The predicted molar refractivity (Wildman–Crippen MR) is 104 cm³/mol. The van der Waals surface area contributed by atoms with Crippen molar-refractivity contribution < 1.29 is 9.90 Å². The molecule has 0 unspecified atom stereocenters. The van der Waals surface area contributed by atoms with E-state index < -0.39 is 6.09 Å². The molecular formula is C17H17N11O2. The summed E-state index contributed by atoms with van der Waals surface area (Å²) in [5, 5.41) is 34.7. The number of aromatic nitrogens is 9. The lowest BCUT2D eigenvalue weighted by Gasteiger charge is -2.29. The first-order chi connectivity index (χ1) is 14.7. The number of carboxylic acid groups (broad SMARTS) is 1. The molecule has 4 heterocycles. The molecule has 0 bridgehead atoms. The zero-order chi connectivity index (χ0) is 20.5. The minimum atomic E-state index is -0.895. The average Bonchev–Trinajstić information content (AvgIpc) is 3.44. The average molecular weight is 407 g/mol. The van der Waals surface area contributed by atoms with Gasteiger partial charge in [-0.3, -0.25) is 0 Å². The molecule has 0 spiro atoms. The minimum absolute atomic E-state index is 0.0370. The highest BCUT2D eigenvalue weighted by Gasteiger charge is 2.26. The van der Waals surface area contributed by atoms with Crippen LogP contribution >= 0.6 is 0 Å². The fourth-order valence-electron chi connectivity index (χ4n) is 3.50. The van der Waals surface area contributed by atoms with Crippen LogP contribution in [0.25, 0.3) is 22.6 Å². The fraction of sp³-hybridized carbons (Fsp3) is 0.294. The summed E-state index contributed by atoms with van der Waals surface area (Å²) in [6.07, 6.45) is 2.03. The number of hydrogen-bond donors (Lipinski definition) is 3. The number of likely N-dealkylation sites (tertiary alicyclic amines) is 1. The lowest BCUT2D eigenvalue weighted by Crippen LogP contribution is -2.38. The normalized spacial score (nSPS) is 14.9. The Morgan fingerprint density at radius 1 is 1.23 bits per heavy atom. The molecule has 0 saturated carbocycles. The maximum absolute atomic E-state index is 11.1. The number of nitrogens with zero attached hydrogens (tertiary/aromatic N) is 9. The van der Waals surface area contributed by atoms with Crippen LogP contribution in [0.4, 0.5) is 16.4 Å². The maximum atomic E-state index is 11.1. The molecule has 0 aliphatic carbocycles. The van der Waals surface area contributed by atoms with Gasteiger partial charge in [-0.15, -0.1) is 15.3 Å². The van der Waals surface area contributed by atoms with Crippen molar-refractivity contribution in [3.05, 3.63) is 30.5 Å². The van der Waals surface area contributed by atoms with Gasteiger partial charge in [0.25, 0.3) is 0 Å². The van der Waals surface area contributed by atoms with E-state index in [1.165, 1.54) is 4.90 Å². The molecule has 1 saturated heterocycles. The lowest BCUT2D eigenvalue weighted by molar-refractivity contribution is 0.124. The van der Waals surface area contributed by atoms with Crippen LogP contribution in [-0.2, 0) is 0 Å². The van der Waals surface area contributed by atoms with E-state index in [0.29, 0.717) is 48.9 Å². The van der Waals surface area contributed by atoms with Gasteiger partial charge in [0.15, 0.2) is 11.2 Å². The first-order valence-corrected chi connectivity index (χ1v) is 9.34. The molecular weight excluding hydrogens is 390 g/mol. The maximum Gasteiger partial charge on any atom is 0.407 e. The van der Waals surface area contributed by atoms with E-state index in [1.54, 1.807) is 10.9 Å². The summed E-state index contributed by atoms with van der Waals surface area (Å²) in [5.41, 5.74) is 2.76. The van der Waals surface area contributed by atoms with Crippen LogP contribution in [0.3, 0.4) is 0 Å². The largest absolute Gasteiger partial charge is 0.465 e. The third-order valence-corrected chi connectivity index (χ3v) is 5.02. The van der Waals surface area contributed by atoms with Gasteiger partial charge in [-0.1, -0.05) is 17.3 Å². The number of tetrazole rings is 1. The number of anilines is 2. The second kappa shape index (κ2) is 7.35. The zero-order valence-electron chi connectivity index (χ0n) is 15.7. The van der Waals surface area contributed by atoms with Crippen molar-refractivity contribution in [2.75, 3.05) is 18.4 Å². The van der Waals surface area contributed by atoms with Gasteiger partial charge in [-0.05, 0) is 30.2 Å². The van der Waals surface area contributed by atoms with Crippen LogP contribution in [0.2, 0.25) is 0 Å². The molecule has 3 N–H and O–H groups in total. The Kier molecular flexibility index (Phi) is 4.38. The highest BCUT2D eigenvalue weighted by atomic mass is 16.4. The summed E-state index contributed by atoms with van der Waals surface area (Å²) in [7, 11) is 0. The Labute approximate surface area is 169 Å². The zero-order valence-corrected chi connectivity index (χ0v) is 15.7. The molecule has 13 nitrogen and oxygen atoms in total. The Hall–Kier alpha value is -4.16. The number of piperidine rings is 1. The molecule has 5 rings (SSSR count). The van der Waals surface area contributed by atoms with Gasteiger partial charge in [-0.25, -0.2) is 14.5 Å². The Morgan fingerprint density at radius 2 is 2.10 bits per heavy atom. The van der Waals surface area contributed by atoms with Crippen LogP contribution in [0, 0.1) is 0 Å². The van der Waals surface area contributed by atoms with E-state index in [9.17, 15) is 4.79 Å². The van der Waals surface area contributed by atoms with Crippen molar-refractivity contribution >= 4 is 28.9 Å². The molecule has 4 aromatic rings. The Balaban J connectivity index is 1.39. The summed E-state index contributed by atoms with van der Waals surface area (Å²) >= 11 is 0. The van der Waals surface area contributed by atoms with Crippen LogP contribution in [0.5, 0.6) is 0 Å². The van der Waals surface area contributed by atoms with Gasteiger partial charge in [0.05, 0.1) is 12.2 Å². The Bertz CT molecular complexity index is 1180. The van der Waals surface area contributed by atoms with Gasteiger partial charge < -0.3 is 15.3 Å². The molecule has 13 heteroatoms. The smallest absolute Gasteiger partial charge is 0.407 e. The van der Waals surface area contributed by atoms with Crippen LogP contribution in [0.15, 0.2) is 30.5 Å². The van der Waals surface area contributed by atoms with Crippen LogP contribution in [0.1, 0.15) is 18.9 Å². The molecule has 3 aromatic heterocycles. The van der Waals surface area contributed by atoms with E-state index in [-0.39, 0.29) is 6.04 Å². The van der Waals surface area contributed by atoms with E-state index in [0.717, 1.165) is 11.3 Å². The molecule has 1 aliphatic heterocycles. The Morgan fingerprint density at radius 3 is 2.87 bits per heavy atom. The van der Waals surface area contributed by atoms with Gasteiger partial charge >= 0.3 is 6.09 Å². The van der Waals surface area contributed by atoms with E-state index >= 15 is 0 Å². The molecule has 152 valence electrons. The first kappa shape index (κ1) is 17.9. The number of hydrogen-bond acceptors (Lipinski definition) is 9. The summed E-state index contributed by atoms with van der Waals surface area (Å²) in [4.78, 5) is 21.4. The summed E-state index contributed by atoms with van der Waals surface area (Å²) in [5.74, 6) is 0.893. The molecule has 0 radical (unpaired) electrons. The molecule has 1 aromatic carbocycles. The second-order valence-corrected chi connectivity index (χ2v) is 6.88. The van der Waals surface area contributed by atoms with Crippen molar-refractivity contribution in [1.29, 1.82) is 0 Å². The third kappa shape index (κ3) is 3.36. The number of fused-ring (bicyclic) bond motifs is 1. The highest BCUT2D eigenvalue weighted by molar-refractivity contribution is 5.72. The minimum Gasteiger partial charge on any atom is -0.465 e. The van der Waals surface area contributed by atoms with Crippen LogP contribution in [-0.4, -0.2) is 74.8 Å². The third-order valence-electron chi connectivity index (χ3n) is 5.02. The SMILES string of the molecule is O=C(O)N1CCC(n2nnc3cnc(Nc4cccc(-c5nn[nH]n5)c4)nc32)CC1. The van der Waals surface area contributed by atoms with Crippen molar-refractivity contribution in [3.8, 4) is 11.4 Å². The number of nitrogens with one attached hydrogen (secondary N) is 2. The van der Waals surface area contributed by atoms with E-state index in [4.69, 9.17) is 5.11 Å². The van der Waals surface area contributed by atoms with E-state index in [1.807, 2.05) is 24.3 Å². The highest BCUT2D eigenvalue weighted by Crippen LogP contribution is 2.26. The summed E-state index contributed by atoms with van der Waals surface area (Å²) in [6.45, 7) is 0.917. The number of carbonyl (C=O) groups is 1. The van der Waals surface area contributed by atoms with Crippen molar-refractivity contribution in [2.45, 2.75) is 18.9 Å². The number of rotatable bonds is 4. The lowest BCUT2D eigenvalue weighted by atomic mass is 10.1. The molecule has 1 fully saturated rings. The molecule has 30 heavy (non-hydrogen) atoms. The number of amides is 1. The standard InChI is InChI=1S/C17H17N11O2/c29-17(30)27-6-4-12(5-7-27)28-15-13(21-26-28)9-18-16(20-15)19-11-3-1-2-10(8-11)14-22-24-25-23-14/h1-3,8-9,12H,4-7H2,(H,29,30)(H,18,19,20)(H,22,23,24,25). The van der Waals surface area contributed by atoms with E-state index in [2.05, 4.69) is 46.2 Å². The van der Waals surface area contributed by atoms with Gasteiger partial charge in [0, 0.05) is 24.3 Å². The topological polar surface area (TPSA) is 164 Å². The molecule has 1 aliphatic rings. The van der Waals surface area contributed by atoms with Crippen LogP contribution < -0.4 is 5.32 Å². The number of H-pyrrole nitrogens is 1.